The highest BCUT2D eigenvalue weighted by Gasteiger charge is 2.01. The molecule has 0 aliphatic heterocycles. The predicted molar refractivity (Wildman–Crippen MR) is 108 cm³/mol. The van der Waals surface area contributed by atoms with Crippen molar-refractivity contribution in [3.63, 3.8) is 0 Å². The van der Waals surface area contributed by atoms with E-state index in [1.807, 2.05) is 31.2 Å². The highest BCUT2D eigenvalue weighted by Crippen LogP contribution is 2.16. The molecule has 2 N–H and O–H groups in total. The maximum atomic E-state index is 5.72. The minimum atomic E-state index is 0.632. The second kappa shape index (κ2) is 11.4. The van der Waals surface area contributed by atoms with E-state index in [0.717, 1.165) is 54.1 Å². The van der Waals surface area contributed by atoms with E-state index in [9.17, 15) is 0 Å². The highest BCUT2D eigenvalue weighted by molar-refractivity contribution is 7.09. The normalized spacial score (nSPS) is 11.3. The Morgan fingerprint density at radius 2 is 1.96 bits per heavy atom. The average Bonchev–Trinajstić information content (AvgIpc) is 3.07. The number of aliphatic imine (C=N–C) groups is 1. The van der Waals surface area contributed by atoms with Crippen molar-refractivity contribution in [2.75, 3.05) is 33.4 Å². The van der Waals surface area contributed by atoms with E-state index in [2.05, 4.69) is 32.9 Å². The third-order valence-corrected chi connectivity index (χ3v) is 4.41. The molecular formula is C19H28N4O2S. The fraction of sp³-hybridized carbons (Fsp3) is 0.474. The Kier molecular flexibility index (Phi) is 8.75. The lowest BCUT2D eigenvalue weighted by molar-refractivity contribution is 0.312. The van der Waals surface area contributed by atoms with Gasteiger partial charge >= 0.3 is 0 Å². The zero-order chi connectivity index (χ0) is 18.6. The fourth-order valence-electron chi connectivity index (χ4n) is 2.29. The van der Waals surface area contributed by atoms with Crippen LogP contribution in [0, 0.1) is 6.92 Å². The molecule has 0 bridgehead atoms. The van der Waals surface area contributed by atoms with Crippen molar-refractivity contribution in [3.05, 3.63) is 40.3 Å². The van der Waals surface area contributed by atoms with Crippen molar-refractivity contribution in [3.8, 4) is 11.5 Å². The van der Waals surface area contributed by atoms with E-state index < -0.39 is 0 Å². The SMILES string of the molecule is CCNC(=NCCCOc1ccc(OC)cc1)NCCc1csc(C)n1. The fourth-order valence-corrected chi connectivity index (χ4v) is 2.94. The lowest BCUT2D eigenvalue weighted by Crippen LogP contribution is -2.38. The van der Waals surface area contributed by atoms with Crippen molar-refractivity contribution in [2.24, 2.45) is 4.99 Å². The molecule has 0 aliphatic carbocycles. The van der Waals surface area contributed by atoms with Crippen LogP contribution in [-0.2, 0) is 6.42 Å². The van der Waals surface area contributed by atoms with Gasteiger partial charge in [0, 0.05) is 37.9 Å². The van der Waals surface area contributed by atoms with Crippen molar-refractivity contribution < 1.29 is 9.47 Å². The molecule has 0 saturated heterocycles. The summed E-state index contributed by atoms with van der Waals surface area (Å²) in [6, 6.07) is 7.61. The van der Waals surface area contributed by atoms with Crippen LogP contribution in [0.15, 0.2) is 34.6 Å². The van der Waals surface area contributed by atoms with Crippen LogP contribution >= 0.6 is 11.3 Å². The standard InChI is InChI=1S/C19H28N4O2S/c1-4-20-19(22-12-10-16-14-26-15(2)23-16)21-11-5-13-25-18-8-6-17(24-3)7-9-18/h6-9,14H,4-5,10-13H2,1-3H3,(H2,20,21,22). The molecule has 2 rings (SSSR count). The Morgan fingerprint density at radius 3 is 2.62 bits per heavy atom. The number of guanidine groups is 1. The summed E-state index contributed by atoms with van der Waals surface area (Å²) in [5, 5.41) is 9.83. The number of nitrogens with zero attached hydrogens (tertiary/aromatic N) is 2. The van der Waals surface area contributed by atoms with E-state index in [1.165, 1.54) is 0 Å². The molecule has 2 aromatic rings. The van der Waals surface area contributed by atoms with E-state index >= 15 is 0 Å². The van der Waals surface area contributed by atoms with Crippen molar-refractivity contribution in [2.45, 2.75) is 26.7 Å². The molecule has 7 heteroatoms. The van der Waals surface area contributed by atoms with Crippen LogP contribution in [0.3, 0.4) is 0 Å². The summed E-state index contributed by atoms with van der Waals surface area (Å²) in [5.41, 5.74) is 1.13. The molecule has 0 atom stereocenters. The molecule has 1 heterocycles. The monoisotopic (exact) mass is 376 g/mol. The second-order valence-corrected chi connectivity index (χ2v) is 6.74. The van der Waals surface area contributed by atoms with E-state index in [4.69, 9.17) is 9.47 Å². The van der Waals surface area contributed by atoms with Gasteiger partial charge in [-0.3, -0.25) is 4.99 Å². The topological polar surface area (TPSA) is 67.8 Å². The zero-order valence-electron chi connectivity index (χ0n) is 15.7. The van der Waals surface area contributed by atoms with Crippen molar-refractivity contribution in [1.82, 2.24) is 15.6 Å². The van der Waals surface area contributed by atoms with E-state index in [-0.39, 0.29) is 0 Å². The molecule has 6 nitrogen and oxygen atoms in total. The van der Waals surface area contributed by atoms with Crippen molar-refractivity contribution in [1.29, 1.82) is 0 Å². The number of thiazole rings is 1. The minimum Gasteiger partial charge on any atom is -0.497 e. The van der Waals surface area contributed by atoms with Gasteiger partial charge in [0.25, 0.3) is 0 Å². The summed E-state index contributed by atoms with van der Waals surface area (Å²) in [6.07, 6.45) is 1.75. The molecule has 142 valence electrons. The number of aryl methyl sites for hydroxylation is 1. The lowest BCUT2D eigenvalue weighted by Gasteiger charge is -2.11. The van der Waals surface area contributed by atoms with Crippen LogP contribution < -0.4 is 20.1 Å². The third kappa shape index (κ3) is 7.31. The number of hydrogen-bond donors (Lipinski definition) is 2. The Morgan fingerprint density at radius 1 is 1.19 bits per heavy atom. The number of ether oxygens (including phenoxy) is 2. The Balaban J connectivity index is 1.66. The number of nitrogens with one attached hydrogen (secondary N) is 2. The first-order valence-corrected chi connectivity index (χ1v) is 9.79. The smallest absolute Gasteiger partial charge is 0.191 e. The summed E-state index contributed by atoms with van der Waals surface area (Å²) in [7, 11) is 1.65. The molecule has 26 heavy (non-hydrogen) atoms. The largest absolute Gasteiger partial charge is 0.497 e. The number of methoxy groups -OCH3 is 1. The summed E-state index contributed by atoms with van der Waals surface area (Å²) < 4.78 is 10.8. The Labute approximate surface area is 159 Å². The van der Waals surface area contributed by atoms with Crippen LogP contribution in [0.2, 0.25) is 0 Å². The van der Waals surface area contributed by atoms with Gasteiger partial charge in [0.05, 0.1) is 24.4 Å². The van der Waals surface area contributed by atoms with Gasteiger partial charge < -0.3 is 20.1 Å². The van der Waals surface area contributed by atoms with Crippen LogP contribution in [0.25, 0.3) is 0 Å². The van der Waals surface area contributed by atoms with Crippen LogP contribution in [0.1, 0.15) is 24.0 Å². The van der Waals surface area contributed by atoms with Gasteiger partial charge in [0.1, 0.15) is 11.5 Å². The molecule has 0 spiro atoms. The maximum absolute atomic E-state index is 5.72. The molecular weight excluding hydrogens is 348 g/mol. The Bertz CT molecular complexity index is 670. The summed E-state index contributed by atoms with van der Waals surface area (Å²) in [6.45, 7) is 7.09. The maximum Gasteiger partial charge on any atom is 0.191 e. The summed E-state index contributed by atoms with van der Waals surface area (Å²) in [4.78, 5) is 9.06. The van der Waals surface area contributed by atoms with E-state index in [0.29, 0.717) is 13.2 Å². The quantitative estimate of drug-likeness (QED) is 0.379. The van der Waals surface area contributed by atoms with Gasteiger partial charge in [-0.2, -0.15) is 0 Å². The number of aromatic nitrogens is 1. The number of benzene rings is 1. The van der Waals surface area contributed by atoms with Crippen LogP contribution in [-0.4, -0.2) is 44.3 Å². The van der Waals surface area contributed by atoms with Gasteiger partial charge in [-0.05, 0) is 38.1 Å². The summed E-state index contributed by atoms with van der Waals surface area (Å²) >= 11 is 1.69. The second-order valence-electron chi connectivity index (χ2n) is 5.67. The van der Waals surface area contributed by atoms with Gasteiger partial charge in [-0.1, -0.05) is 0 Å². The zero-order valence-corrected chi connectivity index (χ0v) is 16.6. The highest BCUT2D eigenvalue weighted by atomic mass is 32.1. The number of hydrogen-bond acceptors (Lipinski definition) is 5. The first kappa shape index (κ1) is 20.0. The van der Waals surface area contributed by atoms with Gasteiger partial charge in [0.2, 0.25) is 0 Å². The first-order valence-electron chi connectivity index (χ1n) is 8.91. The molecule has 0 unspecified atom stereocenters. The first-order chi connectivity index (χ1) is 12.7. The van der Waals surface area contributed by atoms with Gasteiger partial charge in [-0.15, -0.1) is 11.3 Å². The molecule has 0 radical (unpaired) electrons. The van der Waals surface area contributed by atoms with E-state index in [1.54, 1.807) is 18.4 Å². The third-order valence-electron chi connectivity index (χ3n) is 3.58. The molecule has 0 aliphatic rings. The average molecular weight is 377 g/mol. The molecule has 0 fully saturated rings. The molecule has 0 amide bonds. The number of rotatable bonds is 10. The lowest BCUT2D eigenvalue weighted by atomic mass is 10.3. The van der Waals surface area contributed by atoms with Gasteiger partial charge in [-0.25, -0.2) is 4.98 Å². The van der Waals surface area contributed by atoms with Gasteiger partial charge in [0.15, 0.2) is 5.96 Å². The van der Waals surface area contributed by atoms with Crippen LogP contribution in [0.4, 0.5) is 0 Å². The Hall–Kier alpha value is -2.28. The molecule has 0 saturated carbocycles. The molecule has 1 aromatic heterocycles. The van der Waals surface area contributed by atoms with Crippen LogP contribution in [0.5, 0.6) is 11.5 Å². The summed E-state index contributed by atoms with van der Waals surface area (Å²) in [5.74, 6) is 2.51. The minimum absolute atomic E-state index is 0.632. The predicted octanol–water partition coefficient (Wildman–Crippen LogP) is 3.03. The van der Waals surface area contributed by atoms with Crippen molar-refractivity contribution >= 4 is 17.3 Å². The molecule has 1 aromatic carbocycles.